The van der Waals surface area contributed by atoms with Gasteiger partial charge in [-0.2, -0.15) is 0 Å². The summed E-state index contributed by atoms with van der Waals surface area (Å²) in [6, 6.07) is 22.9. The first kappa shape index (κ1) is 16.7. The average Bonchev–Trinajstić information content (AvgIpc) is 2.91. The number of benzene rings is 3. The van der Waals surface area contributed by atoms with Gasteiger partial charge in [-0.15, -0.1) is 0 Å². The highest BCUT2D eigenvalue weighted by molar-refractivity contribution is 5.93. The van der Waals surface area contributed by atoms with Gasteiger partial charge in [0.1, 0.15) is 0 Å². The lowest BCUT2D eigenvalue weighted by molar-refractivity contribution is 0.167. The number of rotatable bonds is 5. The number of fused-ring (bicyclic) bond motifs is 2. The van der Waals surface area contributed by atoms with Gasteiger partial charge >= 0.3 is 0 Å². The molecule has 1 aromatic heterocycles. The van der Waals surface area contributed by atoms with Crippen molar-refractivity contribution in [1.82, 2.24) is 4.57 Å². The van der Waals surface area contributed by atoms with Gasteiger partial charge in [0.05, 0.1) is 12.6 Å². The fourth-order valence-electron chi connectivity index (χ4n) is 3.72. The maximum absolute atomic E-state index is 10.6. The number of aliphatic hydroxyl groups excluding tert-OH is 1. The van der Waals surface area contributed by atoms with Gasteiger partial charge in [0, 0.05) is 34.2 Å². The molecule has 3 aromatic carbocycles. The molecule has 0 aliphatic carbocycles. The van der Waals surface area contributed by atoms with Crippen molar-refractivity contribution in [2.45, 2.75) is 26.5 Å². The Bertz CT molecular complexity index is 1060. The zero-order valence-electron chi connectivity index (χ0n) is 15.2. The first-order valence-corrected chi connectivity index (χ1v) is 9.09. The van der Waals surface area contributed by atoms with Crippen molar-refractivity contribution < 1.29 is 5.11 Å². The topological polar surface area (TPSA) is 37.2 Å². The van der Waals surface area contributed by atoms with Crippen molar-refractivity contribution >= 4 is 27.4 Å². The summed E-state index contributed by atoms with van der Waals surface area (Å²) >= 11 is 0. The summed E-state index contributed by atoms with van der Waals surface area (Å²) in [5, 5.41) is 17.7. The Labute approximate surface area is 153 Å². The molecular formula is C23H24N2O. The molecule has 0 bridgehead atoms. The van der Waals surface area contributed by atoms with E-state index in [0.29, 0.717) is 13.1 Å². The van der Waals surface area contributed by atoms with Crippen molar-refractivity contribution in [3.63, 3.8) is 0 Å². The van der Waals surface area contributed by atoms with Crippen molar-refractivity contribution in [2.75, 3.05) is 11.9 Å². The molecule has 2 N–H and O–H groups in total. The molecule has 0 saturated carbocycles. The minimum atomic E-state index is -0.470. The molecule has 0 spiro atoms. The van der Waals surface area contributed by atoms with Crippen molar-refractivity contribution in [1.29, 1.82) is 0 Å². The molecule has 1 atom stereocenters. The van der Waals surface area contributed by atoms with Gasteiger partial charge in [-0.25, -0.2) is 0 Å². The van der Waals surface area contributed by atoms with Crippen molar-refractivity contribution in [3.05, 3.63) is 78.0 Å². The Hall–Kier alpha value is -2.78. The molecule has 1 unspecified atom stereocenters. The van der Waals surface area contributed by atoms with Crippen molar-refractivity contribution in [2.24, 2.45) is 0 Å². The van der Waals surface area contributed by atoms with Gasteiger partial charge in [-0.1, -0.05) is 54.6 Å². The summed E-state index contributed by atoms with van der Waals surface area (Å²) in [6.45, 7) is 5.37. The molecule has 0 radical (unpaired) electrons. The molecule has 0 aliphatic rings. The Morgan fingerprint density at radius 2 is 1.58 bits per heavy atom. The van der Waals surface area contributed by atoms with E-state index in [0.717, 1.165) is 5.69 Å². The highest BCUT2D eigenvalue weighted by Crippen LogP contribution is 2.26. The monoisotopic (exact) mass is 344 g/mol. The number of aryl methyl sites for hydroxylation is 1. The lowest BCUT2D eigenvalue weighted by Gasteiger charge is -2.17. The standard InChI is InChI=1S/C23H24N2O/c1-16-17(2)25(23-13-6-5-10-20(16)23)15-19(26)14-24-22-12-7-9-18-8-3-4-11-21(18)22/h3-13,19,24,26H,14-15H2,1-2H3. The second-order valence-electron chi connectivity index (χ2n) is 6.90. The molecule has 4 aromatic rings. The number of hydrogen-bond acceptors (Lipinski definition) is 2. The van der Waals surface area contributed by atoms with Gasteiger partial charge in [-0.05, 0) is 36.9 Å². The normalized spacial score (nSPS) is 12.6. The van der Waals surface area contributed by atoms with E-state index >= 15 is 0 Å². The molecule has 1 heterocycles. The van der Waals surface area contributed by atoms with Crippen LogP contribution in [-0.4, -0.2) is 22.3 Å². The first-order valence-electron chi connectivity index (χ1n) is 9.09. The third-order valence-corrected chi connectivity index (χ3v) is 5.26. The molecule has 3 heteroatoms. The number of nitrogens with one attached hydrogen (secondary N) is 1. The van der Waals surface area contributed by atoms with Gasteiger partial charge < -0.3 is 15.0 Å². The van der Waals surface area contributed by atoms with E-state index in [1.54, 1.807) is 0 Å². The number of anilines is 1. The lowest BCUT2D eigenvalue weighted by Crippen LogP contribution is -2.25. The largest absolute Gasteiger partial charge is 0.389 e. The van der Waals surface area contributed by atoms with E-state index in [1.807, 2.05) is 18.2 Å². The van der Waals surface area contributed by atoms with Crippen LogP contribution in [0.3, 0.4) is 0 Å². The average molecular weight is 344 g/mol. The van der Waals surface area contributed by atoms with Crippen LogP contribution in [0.5, 0.6) is 0 Å². The molecule has 0 saturated heterocycles. The van der Waals surface area contributed by atoms with E-state index in [4.69, 9.17) is 0 Å². The Balaban J connectivity index is 1.53. The third-order valence-electron chi connectivity index (χ3n) is 5.26. The second kappa shape index (κ2) is 6.85. The van der Waals surface area contributed by atoms with E-state index in [1.165, 1.54) is 32.9 Å². The number of nitrogens with zero attached hydrogens (tertiary/aromatic N) is 1. The van der Waals surface area contributed by atoms with Crippen molar-refractivity contribution in [3.8, 4) is 0 Å². The van der Waals surface area contributed by atoms with Gasteiger partial charge in [0.2, 0.25) is 0 Å². The predicted molar refractivity (Wildman–Crippen MR) is 110 cm³/mol. The highest BCUT2D eigenvalue weighted by Gasteiger charge is 2.14. The third kappa shape index (κ3) is 2.95. The van der Waals surface area contributed by atoms with E-state index in [-0.39, 0.29) is 0 Å². The fourth-order valence-corrected chi connectivity index (χ4v) is 3.72. The Morgan fingerprint density at radius 1 is 0.885 bits per heavy atom. The maximum atomic E-state index is 10.6. The van der Waals surface area contributed by atoms with E-state index < -0.39 is 6.10 Å². The molecule has 0 fully saturated rings. The quantitative estimate of drug-likeness (QED) is 0.541. The summed E-state index contributed by atoms with van der Waals surface area (Å²) in [5.41, 5.74) is 4.75. The summed E-state index contributed by atoms with van der Waals surface area (Å²) < 4.78 is 2.22. The van der Waals surface area contributed by atoms with Crippen LogP contribution in [0.25, 0.3) is 21.7 Å². The number of aromatic nitrogens is 1. The van der Waals surface area contributed by atoms with Crippen LogP contribution in [0.15, 0.2) is 66.7 Å². The Morgan fingerprint density at radius 3 is 2.42 bits per heavy atom. The SMILES string of the molecule is Cc1c(C)n(CC(O)CNc2cccc3ccccc23)c2ccccc12. The molecule has 4 rings (SSSR count). The van der Waals surface area contributed by atoms with Crippen LogP contribution in [-0.2, 0) is 6.54 Å². The molecular weight excluding hydrogens is 320 g/mol. The first-order chi connectivity index (χ1) is 12.6. The Kier molecular flexibility index (Phi) is 4.39. The van der Waals surface area contributed by atoms with Crippen LogP contribution in [0, 0.1) is 13.8 Å². The number of hydrogen-bond donors (Lipinski definition) is 2. The van der Waals surface area contributed by atoms with Gasteiger partial charge in [0.15, 0.2) is 0 Å². The lowest BCUT2D eigenvalue weighted by atomic mass is 10.1. The smallest absolute Gasteiger partial charge is 0.0891 e. The zero-order chi connectivity index (χ0) is 18.1. The van der Waals surface area contributed by atoms with Crippen LogP contribution in [0.4, 0.5) is 5.69 Å². The van der Waals surface area contributed by atoms with Gasteiger partial charge in [-0.3, -0.25) is 0 Å². The summed E-state index contributed by atoms with van der Waals surface area (Å²) in [6.07, 6.45) is -0.470. The minimum absolute atomic E-state index is 0.470. The summed E-state index contributed by atoms with van der Waals surface area (Å²) in [4.78, 5) is 0. The summed E-state index contributed by atoms with van der Waals surface area (Å²) in [7, 11) is 0. The summed E-state index contributed by atoms with van der Waals surface area (Å²) in [5.74, 6) is 0. The molecule has 3 nitrogen and oxygen atoms in total. The van der Waals surface area contributed by atoms with Crippen LogP contribution in [0.1, 0.15) is 11.3 Å². The number of para-hydroxylation sites is 1. The molecule has 132 valence electrons. The fraction of sp³-hybridized carbons (Fsp3) is 0.217. The molecule has 26 heavy (non-hydrogen) atoms. The molecule has 0 aliphatic heterocycles. The predicted octanol–water partition coefficient (Wildman–Crippen LogP) is 4.88. The van der Waals surface area contributed by atoms with Gasteiger partial charge in [0.25, 0.3) is 0 Å². The minimum Gasteiger partial charge on any atom is -0.389 e. The van der Waals surface area contributed by atoms with E-state index in [2.05, 4.69) is 72.3 Å². The molecule has 0 amide bonds. The second-order valence-corrected chi connectivity index (χ2v) is 6.90. The van der Waals surface area contributed by atoms with Crippen LogP contribution < -0.4 is 5.32 Å². The maximum Gasteiger partial charge on any atom is 0.0891 e. The van der Waals surface area contributed by atoms with E-state index in [9.17, 15) is 5.11 Å². The zero-order valence-corrected chi connectivity index (χ0v) is 15.2. The van der Waals surface area contributed by atoms with Crippen LogP contribution in [0.2, 0.25) is 0 Å². The highest BCUT2D eigenvalue weighted by atomic mass is 16.3. The van der Waals surface area contributed by atoms with Crippen LogP contribution >= 0.6 is 0 Å². The number of aliphatic hydroxyl groups is 1.